The number of hydrogen-bond donors (Lipinski definition) is 1. The first kappa shape index (κ1) is 14.9. The Labute approximate surface area is 95.2 Å². The Morgan fingerprint density at radius 1 is 1.38 bits per heavy atom. The fourth-order valence-corrected chi connectivity index (χ4v) is 2.02. The van der Waals surface area contributed by atoms with E-state index < -0.39 is 33.5 Å². The first-order valence-corrected chi connectivity index (χ1v) is 6.92. The number of amides is 1. The van der Waals surface area contributed by atoms with E-state index in [1.54, 1.807) is 13.8 Å². The van der Waals surface area contributed by atoms with Crippen molar-refractivity contribution >= 4 is 21.7 Å². The van der Waals surface area contributed by atoms with Gasteiger partial charge in [-0.1, -0.05) is 0 Å². The third kappa shape index (κ3) is 5.69. The van der Waals surface area contributed by atoms with Gasteiger partial charge < -0.3 is 10.0 Å². The van der Waals surface area contributed by atoms with Gasteiger partial charge >= 0.3 is 5.97 Å². The molecule has 0 aromatic rings. The molecule has 6 nitrogen and oxygen atoms in total. The maximum atomic E-state index is 11.6. The highest BCUT2D eigenvalue weighted by atomic mass is 32.2. The Hall–Kier alpha value is -1.11. The molecule has 1 amide bonds. The first-order valence-electron chi connectivity index (χ1n) is 4.86. The number of rotatable bonds is 6. The van der Waals surface area contributed by atoms with Crippen molar-refractivity contribution in [2.45, 2.75) is 26.3 Å². The van der Waals surface area contributed by atoms with E-state index in [1.807, 2.05) is 0 Å². The number of carboxylic acid groups (broad SMARTS) is 1. The predicted octanol–water partition coefficient (Wildman–Crippen LogP) is -0.257. The normalized spacial score (nSPS) is 13.2. The topological polar surface area (TPSA) is 91.8 Å². The molecule has 1 atom stereocenters. The largest absolute Gasteiger partial charge is 0.481 e. The van der Waals surface area contributed by atoms with E-state index in [2.05, 4.69) is 0 Å². The molecule has 0 radical (unpaired) electrons. The summed E-state index contributed by atoms with van der Waals surface area (Å²) in [6, 6.07) is -0.503. The van der Waals surface area contributed by atoms with Gasteiger partial charge in [0, 0.05) is 18.8 Å². The maximum absolute atomic E-state index is 11.6. The third-order valence-electron chi connectivity index (χ3n) is 2.05. The minimum Gasteiger partial charge on any atom is -0.481 e. The summed E-state index contributed by atoms with van der Waals surface area (Å²) in [4.78, 5) is 23.3. The molecular formula is C9H17NO5S. The van der Waals surface area contributed by atoms with Gasteiger partial charge in [-0.2, -0.15) is 0 Å². The van der Waals surface area contributed by atoms with Gasteiger partial charge in [-0.3, -0.25) is 9.59 Å². The standard InChI is InChI=1S/C9H17NO5S/c1-4-10(7(2)5-9(12)13)8(11)6-16(3,14)15/h7H,4-6H2,1-3H3,(H,12,13). The summed E-state index contributed by atoms with van der Waals surface area (Å²) in [6.45, 7) is 3.55. The lowest BCUT2D eigenvalue weighted by molar-refractivity contribution is -0.139. The molecule has 94 valence electrons. The summed E-state index contributed by atoms with van der Waals surface area (Å²) in [6.07, 6.45) is 0.782. The lowest BCUT2D eigenvalue weighted by Gasteiger charge is -2.26. The summed E-state index contributed by atoms with van der Waals surface area (Å²) >= 11 is 0. The Morgan fingerprint density at radius 2 is 1.88 bits per heavy atom. The van der Waals surface area contributed by atoms with Crippen LogP contribution in [0.25, 0.3) is 0 Å². The number of nitrogens with zero attached hydrogens (tertiary/aromatic N) is 1. The van der Waals surface area contributed by atoms with Crippen LogP contribution in [0.1, 0.15) is 20.3 Å². The lowest BCUT2D eigenvalue weighted by Crippen LogP contribution is -2.42. The highest BCUT2D eigenvalue weighted by Crippen LogP contribution is 2.05. The molecule has 0 aliphatic carbocycles. The van der Waals surface area contributed by atoms with Crippen molar-refractivity contribution in [3.63, 3.8) is 0 Å². The van der Waals surface area contributed by atoms with Crippen molar-refractivity contribution in [3.8, 4) is 0 Å². The Balaban J connectivity index is 4.60. The van der Waals surface area contributed by atoms with E-state index in [0.717, 1.165) is 6.26 Å². The molecule has 0 aliphatic rings. The summed E-state index contributed by atoms with van der Waals surface area (Å²) in [5.41, 5.74) is 0. The Morgan fingerprint density at radius 3 is 2.19 bits per heavy atom. The Kier molecular flexibility index (Phi) is 5.43. The number of hydrogen-bond acceptors (Lipinski definition) is 4. The van der Waals surface area contributed by atoms with E-state index >= 15 is 0 Å². The summed E-state index contributed by atoms with van der Waals surface area (Å²) in [5, 5.41) is 8.59. The molecular weight excluding hydrogens is 234 g/mol. The van der Waals surface area contributed by atoms with Gasteiger partial charge in [-0.05, 0) is 13.8 Å². The highest BCUT2D eigenvalue weighted by Gasteiger charge is 2.23. The smallest absolute Gasteiger partial charge is 0.305 e. The van der Waals surface area contributed by atoms with Crippen LogP contribution in [-0.2, 0) is 19.4 Å². The van der Waals surface area contributed by atoms with E-state index in [0.29, 0.717) is 6.54 Å². The molecule has 0 aliphatic heterocycles. The van der Waals surface area contributed by atoms with E-state index in [1.165, 1.54) is 4.90 Å². The van der Waals surface area contributed by atoms with Crippen molar-refractivity contribution in [1.29, 1.82) is 0 Å². The van der Waals surface area contributed by atoms with Crippen LogP contribution in [0.15, 0.2) is 0 Å². The zero-order valence-corrected chi connectivity index (χ0v) is 10.5. The van der Waals surface area contributed by atoms with Crippen molar-refractivity contribution in [2.75, 3.05) is 18.6 Å². The van der Waals surface area contributed by atoms with Gasteiger partial charge in [0.1, 0.15) is 5.75 Å². The number of carbonyl (C=O) groups excluding carboxylic acids is 1. The third-order valence-corrected chi connectivity index (χ3v) is 2.82. The number of carbonyl (C=O) groups is 2. The van der Waals surface area contributed by atoms with Crippen molar-refractivity contribution in [3.05, 3.63) is 0 Å². The highest BCUT2D eigenvalue weighted by molar-refractivity contribution is 7.91. The molecule has 0 saturated heterocycles. The van der Waals surface area contributed by atoms with E-state index in [9.17, 15) is 18.0 Å². The summed E-state index contributed by atoms with van der Waals surface area (Å²) in [7, 11) is -3.38. The molecule has 0 rings (SSSR count). The van der Waals surface area contributed by atoms with Crippen LogP contribution in [0.3, 0.4) is 0 Å². The molecule has 7 heteroatoms. The van der Waals surface area contributed by atoms with Gasteiger partial charge in [-0.15, -0.1) is 0 Å². The molecule has 0 bridgehead atoms. The second-order valence-corrected chi connectivity index (χ2v) is 5.84. The van der Waals surface area contributed by atoms with Gasteiger partial charge in [0.15, 0.2) is 9.84 Å². The van der Waals surface area contributed by atoms with Crippen LogP contribution in [0.5, 0.6) is 0 Å². The lowest BCUT2D eigenvalue weighted by atomic mass is 10.2. The zero-order valence-electron chi connectivity index (χ0n) is 9.63. The van der Waals surface area contributed by atoms with Gasteiger partial charge in [0.2, 0.25) is 5.91 Å². The van der Waals surface area contributed by atoms with Crippen LogP contribution < -0.4 is 0 Å². The molecule has 0 saturated carbocycles. The van der Waals surface area contributed by atoms with Crippen LogP contribution in [0, 0.1) is 0 Å². The van der Waals surface area contributed by atoms with Crippen molar-refractivity contribution in [1.82, 2.24) is 4.90 Å². The van der Waals surface area contributed by atoms with Crippen molar-refractivity contribution < 1.29 is 23.1 Å². The number of carboxylic acids is 1. The zero-order chi connectivity index (χ0) is 12.9. The summed E-state index contributed by atoms with van der Waals surface area (Å²) < 4.78 is 21.9. The number of sulfone groups is 1. The fraction of sp³-hybridized carbons (Fsp3) is 0.778. The van der Waals surface area contributed by atoms with Crippen LogP contribution in [-0.4, -0.2) is 54.9 Å². The van der Waals surface area contributed by atoms with Gasteiger partial charge in [-0.25, -0.2) is 8.42 Å². The van der Waals surface area contributed by atoms with Crippen LogP contribution in [0.4, 0.5) is 0 Å². The molecule has 0 fully saturated rings. The molecule has 0 heterocycles. The fourth-order valence-electron chi connectivity index (χ4n) is 1.40. The Bertz CT molecular complexity index is 362. The minimum absolute atomic E-state index is 0.191. The minimum atomic E-state index is -3.38. The van der Waals surface area contributed by atoms with Crippen LogP contribution in [0.2, 0.25) is 0 Å². The second kappa shape index (κ2) is 5.83. The van der Waals surface area contributed by atoms with Crippen LogP contribution >= 0.6 is 0 Å². The maximum Gasteiger partial charge on any atom is 0.305 e. The number of aliphatic carboxylic acids is 1. The summed E-state index contributed by atoms with van der Waals surface area (Å²) in [5.74, 6) is -2.15. The van der Waals surface area contributed by atoms with Crippen molar-refractivity contribution in [2.24, 2.45) is 0 Å². The molecule has 0 aromatic carbocycles. The quantitative estimate of drug-likeness (QED) is 0.702. The average molecular weight is 251 g/mol. The SMILES string of the molecule is CCN(C(=O)CS(C)(=O)=O)C(C)CC(=O)O. The average Bonchev–Trinajstić information content (AvgIpc) is 1.99. The van der Waals surface area contributed by atoms with E-state index in [4.69, 9.17) is 5.11 Å². The monoisotopic (exact) mass is 251 g/mol. The molecule has 1 unspecified atom stereocenters. The van der Waals surface area contributed by atoms with Gasteiger partial charge in [0.05, 0.1) is 6.42 Å². The predicted molar refractivity (Wildman–Crippen MR) is 58.8 cm³/mol. The molecule has 16 heavy (non-hydrogen) atoms. The molecule has 1 N–H and O–H groups in total. The van der Waals surface area contributed by atoms with Gasteiger partial charge in [0.25, 0.3) is 0 Å². The second-order valence-electron chi connectivity index (χ2n) is 3.70. The molecule has 0 spiro atoms. The first-order chi connectivity index (χ1) is 7.17. The van der Waals surface area contributed by atoms with E-state index in [-0.39, 0.29) is 6.42 Å². The molecule has 0 aromatic heterocycles.